The van der Waals surface area contributed by atoms with Crippen LogP contribution in [-0.2, 0) is 5.41 Å². The van der Waals surface area contributed by atoms with Crippen molar-refractivity contribution in [3.05, 3.63) is 197 Å². The van der Waals surface area contributed by atoms with Gasteiger partial charge in [-0.2, -0.15) is 9.97 Å². The van der Waals surface area contributed by atoms with Gasteiger partial charge >= 0.3 is 0 Å². The minimum Gasteiger partial charge on any atom is -0.208 e. The first-order chi connectivity index (χ1) is 23.7. The van der Waals surface area contributed by atoms with Crippen LogP contribution in [-0.4, -0.2) is 15.0 Å². The number of halogens is 1. The number of benzene rings is 7. The molecule has 0 fully saturated rings. The molecule has 0 saturated heterocycles. The van der Waals surface area contributed by atoms with Crippen LogP contribution in [0.4, 0.5) is 0 Å². The molecule has 3 nitrogen and oxygen atoms in total. The lowest BCUT2D eigenvalue weighted by molar-refractivity contribution is 0.768. The average molecular weight is 634 g/mol. The molecular weight excluding hydrogens is 606 g/mol. The minimum absolute atomic E-state index is 0.159. The molecule has 226 valence electrons. The summed E-state index contributed by atoms with van der Waals surface area (Å²) in [5, 5.41) is 2.56. The summed E-state index contributed by atoms with van der Waals surface area (Å²) >= 11 is 6.72. The Morgan fingerprint density at radius 1 is 0.417 bits per heavy atom. The van der Waals surface area contributed by atoms with Crippen LogP contribution >= 0.6 is 11.6 Å². The molecule has 0 saturated carbocycles. The molecule has 0 bridgehead atoms. The molecule has 0 atom stereocenters. The Morgan fingerprint density at radius 2 is 0.979 bits per heavy atom. The van der Waals surface area contributed by atoms with Crippen molar-refractivity contribution in [3.63, 3.8) is 0 Å². The SMILES string of the molecule is Clc1nc(-c2cccc(-c3cccc4ccccc34)c2)nc(-c2cccc3c2-c2ccccc2C3(c2ccccc2)c2ccccc2)n1. The molecule has 4 heteroatoms. The first-order valence-electron chi connectivity index (χ1n) is 16.1. The summed E-state index contributed by atoms with van der Waals surface area (Å²) in [7, 11) is 0. The highest BCUT2D eigenvalue weighted by Crippen LogP contribution is 2.58. The van der Waals surface area contributed by atoms with Crippen LogP contribution in [0, 0.1) is 0 Å². The molecule has 48 heavy (non-hydrogen) atoms. The maximum absolute atomic E-state index is 6.72. The highest BCUT2D eigenvalue weighted by molar-refractivity contribution is 6.28. The third-order valence-electron chi connectivity index (χ3n) is 9.55. The second-order valence-electron chi connectivity index (χ2n) is 12.1. The highest BCUT2D eigenvalue weighted by atomic mass is 35.5. The van der Waals surface area contributed by atoms with Gasteiger partial charge in [-0.1, -0.05) is 164 Å². The molecule has 0 amide bonds. The molecule has 1 aliphatic carbocycles. The van der Waals surface area contributed by atoms with Gasteiger partial charge < -0.3 is 0 Å². The number of nitrogens with zero attached hydrogens (tertiary/aromatic N) is 3. The van der Waals surface area contributed by atoms with Gasteiger partial charge in [0.1, 0.15) is 0 Å². The van der Waals surface area contributed by atoms with Gasteiger partial charge in [0.05, 0.1) is 5.41 Å². The summed E-state index contributed by atoms with van der Waals surface area (Å²) < 4.78 is 0. The van der Waals surface area contributed by atoms with Crippen molar-refractivity contribution in [1.29, 1.82) is 0 Å². The van der Waals surface area contributed by atoms with E-state index in [-0.39, 0.29) is 5.28 Å². The molecule has 1 heterocycles. The summed E-state index contributed by atoms with van der Waals surface area (Å²) in [6, 6.07) is 59.9. The molecule has 1 aliphatic rings. The predicted octanol–water partition coefficient (Wildman–Crippen LogP) is 11.0. The molecule has 0 unspecified atom stereocenters. The maximum atomic E-state index is 6.72. The van der Waals surface area contributed by atoms with Crippen LogP contribution in [0.2, 0.25) is 5.28 Å². The molecule has 0 spiro atoms. The molecule has 8 aromatic rings. The quantitative estimate of drug-likeness (QED) is 0.189. The van der Waals surface area contributed by atoms with Gasteiger partial charge in [-0.3, -0.25) is 0 Å². The zero-order chi connectivity index (χ0) is 32.1. The number of hydrogen-bond donors (Lipinski definition) is 0. The summed E-state index contributed by atoms with van der Waals surface area (Å²) in [5.41, 5.74) is 10.6. The lowest BCUT2D eigenvalue weighted by atomic mass is 9.67. The van der Waals surface area contributed by atoms with Crippen LogP contribution in [0.25, 0.3) is 55.8 Å². The molecule has 0 aliphatic heterocycles. The molecule has 0 N–H and O–H groups in total. The second kappa shape index (κ2) is 11.4. The Hall–Kier alpha value is -5.90. The Labute approximate surface area is 284 Å². The van der Waals surface area contributed by atoms with Crippen molar-refractivity contribution in [2.24, 2.45) is 0 Å². The first-order valence-corrected chi connectivity index (χ1v) is 16.4. The average Bonchev–Trinajstić information content (AvgIpc) is 3.46. The van der Waals surface area contributed by atoms with Gasteiger partial charge in [0.15, 0.2) is 11.6 Å². The smallest absolute Gasteiger partial charge is 0.208 e. The maximum Gasteiger partial charge on any atom is 0.226 e. The van der Waals surface area contributed by atoms with Crippen LogP contribution in [0.5, 0.6) is 0 Å². The fraction of sp³-hybridized carbons (Fsp3) is 0.0227. The van der Waals surface area contributed by atoms with Gasteiger partial charge in [-0.05, 0) is 72.9 Å². The van der Waals surface area contributed by atoms with E-state index in [4.69, 9.17) is 21.6 Å². The van der Waals surface area contributed by atoms with Crippen molar-refractivity contribution < 1.29 is 0 Å². The van der Waals surface area contributed by atoms with Crippen LogP contribution < -0.4 is 0 Å². The second-order valence-corrected chi connectivity index (χ2v) is 12.5. The Balaban J connectivity index is 1.25. The van der Waals surface area contributed by atoms with Gasteiger partial charge in [0.2, 0.25) is 5.28 Å². The van der Waals surface area contributed by atoms with E-state index in [2.05, 4.69) is 163 Å². The topological polar surface area (TPSA) is 38.7 Å². The summed E-state index contributed by atoms with van der Waals surface area (Å²) in [6.45, 7) is 0. The fourth-order valence-electron chi connectivity index (χ4n) is 7.58. The van der Waals surface area contributed by atoms with Crippen molar-refractivity contribution in [1.82, 2.24) is 15.0 Å². The van der Waals surface area contributed by atoms with Crippen LogP contribution in [0.3, 0.4) is 0 Å². The zero-order valence-electron chi connectivity index (χ0n) is 25.9. The van der Waals surface area contributed by atoms with Gasteiger partial charge in [0.25, 0.3) is 0 Å². The third-order valence-corrected chi connectivity index (χ3v) is 9.72. The van der Waals surface area contributed by atoms with Crippen molar-refractivity contribution in [2.45, 2.75) is 5.41 Å². The Bertz CT molecular complexity index is 2430. The van der Waals surface area contributed by atoms with Gasteiger partial charge in [-0.25, -0.2) is 4.98 Å². The predicted molar refractivity (Wildman–Crippen MR) is 196 cm³/mol. The number of rotatable bonds is 5. The first kappa shape index (κ1) is 28.3. The summed E-state index contributed by atoms with van der Waals surface area (Å²) in [5.74, 6) is 1.08. The highest BCUT2D eigenvalue weighted by Gasteiger charge is 2.46. The standard InChI is InChI=1S/C44H28ClN3/c45-43-47-41(31-17-11-16-30(28-31)35-24-12-15-29-14-7-8-22-34(29)35)46-42(48-43)37-25-13-27-39-40(37)36-23-9-10-26-38(36)44(39,32-18-3-1-4-19-32)33-20-5-2-6-21-33/h1-28H. The minimum atomic E-state index is -0.517. The number of hydrogen-bond acceptors (Lipinski definition) is 3. The fourth-order valence-corrected chi connectivity index (χ4v) is 7.74. The van der Waals surface area contributed by atoms with E-state index in [1.165, 1.54) is 33.0 Å². The van der Waals surface area contributed by atoms with Gasteiger partial charge in [-0.15, -0.1) is 0 Å². The van der Waals surface area contributed by atoms with E-state index in [0.717, 1.165) is 33.4 Å². The summed E-state index contributed by atoms with van der Waals surface area (Å²) in [6.07, 6.45) is 0. The Morgan fingerprint density at radius 3 is 1.79 bits per heavy atom. The number of aromatic nitrogens is 3. The van der Waals surface area contributed by atoms with Crippen LogP contribution in [0.15, 0.2) is 170 Å². The normalized spacial score (nSPS) is 12.9. The molecule has 0 radical (unpaired) electrons. The van der Waals surface area contributed by atoms with E-state index >= 15 is 0 Å². The van der Waals surface area contributed by atoms with E-state index in [0.29, 0.717) is 11.6 Å². The lowest BCUT2D eigenvalue weighted by Gasteiger charge is -2.33. The third kappa shape index (κ3) is 4.40. The monoisotopic (exact) mass is 633 g/mol. The molecule has 1 aromatic heterocycles. The van der Waals surface area contributed by atoms with Crippen LogP contribution in [0.1, 0.15) is 22.3 Å². The zero-order valence-corrected chi connectivity index (χ0v) is 26.6. The lowest BCUT2D eigenvalue weighted by Crippen LogP contribution is -2.28. The number of fused-ring (bicyclic) bond motifs is 4. The molecule has 9 rings (SSSR count). The molecular formula is C44H28ClN3. The Kier molecular flexibility index (Phi) is 6.74. The van der Waals surface area contributed by atoms with Gasteiger partial charge in [0, 0.05) is 11.1 Å². The molecule has 7 aromatic carbocycles. The van der Waals surface area contributed by atoms with Crippen molar-refractivity contribution in [2.75, 3.05) is 0 Å². The van der Waals surface area contributed by atoms with E-state index in [1.54, 1.807) is 0 Å². The van der Waals surface area contributed by atoms with Crippen molar-refractivity contribution >= 4 is 22.4 Å². The largest absolute Gasteiger partial charge is 0.226 e. The van der Waals surface area contributed by atoms with E-state index in [1.807, 2.05) is 12.1 Å². The van der Waals surface area contributed by atoms with E-state index in [9.17, 15) is 0 Å². The van der Waals surface area contributed by atoms with Crippen molar-refractivity contribution in [3.8, 4) is 45.0 Å². The summed E-state index contributed by atoms with van der Waals surface area (Å²) in [4.78, 5) is 14.5. The van der Waals surface area contributed by atoms with E-state index < -0.39 is 5.41 Å².